The van der Waals surface area contributed by atoms with E-state index in [1.165, 1.54) is 295 Å². The number of carbonyl (C=O) groups is 3. The summed E-state index contributed by atoms with van der Waals surface area (Å²) in [5, 5.41) is 0. The van der Waals surface area contributed by atoms with Gasteiger partial charge in [-0.1, -0.05) is 353 Å². The Bertz CT molecular complexity index is 1260. The Morgan fingerprint density at radius 3 is 0.705 bits per heavy atom. The summed E-state index contributed by atoms with van der Waals surface area (Å²) < 4.78 is 17.0. The van der Waals surface area contributed by atoms with E-state index in [-0.39, 0.29) is 31.1 Å². The summed E-state index contributed by atoms with van der Waals surface area (Å²) in [7, 11) is 0. The van der Waals surface area contributed by atoms with Crippen LogP contribution in [0.3, 0.4) is 0 Å². The van der Waals surface area contributed by atoms with Crippen LogP contribution in [0, 0.1) is 0 Å². The van der Waals surface area contributed by atoms with Crippen molar-refractivity contribution in [3.63, 3.8) is 0 Å². The second-order valence-electron chi connectivity index (χ2n) is 24.2. The normalized spacial score (nSPS) is 12.1. The van der Waals surface area contributed by atoms with Gasteiger partial charge in [-0.25, -0.2) is 0 Å². The molecule has 0 aliphatic heterocycles. The van der Waals surface area contributed by atoms with E-state index in [4.69, 9.17) is 14.2 Å². The van der Waals surface area contributed by atoms with Crippen LogP contribution in [-0.4, -0.2) is 37.2 Å². The lowest BCUT2D eigenvalue weighted by molar-refractivity contribution is -0.167. The van der Waals surface area contributed by atoms with E-state index in [0.29, 0.717) is 19.3 Å². The quantitative estimate of drug-likeness (QED) is 0.0261. The second-order valence-corrected chi connectivity index (χ2v) is 24.2. The molecule has 0 N–H and O–H groups in total. The minimum absolute atomic E-state index is 0.0646. The number of ether oxygens (including phenoxy) is 3. The fourth-order valence-corrected chi connectivity index (χ4v) is 10.9. The molecule has 0 aromatic rings. The molecular formula is C72H136O6. The first kappa shape index (κ1) is 75.9. The molecule has 0 aliphatic rings. The first-order chi connectivity index (χ1) is 38.5. The van der Waals surface area contributed by atoms with Crippen molar-refractivity contribution in [2.75, 3.05) is 13.2 Å². The number of carbonyl (C=O) groups excluding carboxylic acids is 3. The monoisotopic (exact) mass is 1100 g/mol. The SMILES string of the molecule is CCCCCCC/C=C\C/C=C\CCCCCCCCCCCCCC(=O)OCC(COC(=O)CCCCCCCCCCCCCCCCCCC)OC(=O)CCCCCCCCCCCCCCCCCCCCCC. The van der Waals surface area contributed by atoms with Crippen molar-refractivity contribution in [2.24, 2.45) is 0 Å². The fraction of sp³-hybridized carbons (Fsp3) is 0.903. The maximum Gasteiger partial charge on any atom is 0.306 e. The minimum Gasteiger partial charge on any atom is -0.462 e. The molecule has 1 unspecified atom stereocenters. The highest BCUT2D eigenvalue weighted by molar-refractivity contribution is 5.71. The molecule has 0 fully saturated rings. The number of hydrogen-bond acceptors (Lipinski definition) is 6. The van der Waals surface area contributed by atoms with Gasteiger partial charge in [0, 0.05) is 19.3 Å². The number of esters is 3. The van der Waals surface area contributed by atoms with Gasteiger partial charge in [0.2, 0.25) is 0 Å². The highest BCUT2D eigenvalue weighted by Gasteiger charge is 2.19. The van der Waals surface area contributed by atoms with Crippen molar-refractivity contribution in [3.05, 3.63) is 24.3 Å². The number of unbranched alkanes of at least 4 members (excludes halogenated alkanes) is 51. The molecule has 6 nitrogen and oxygen atoms in total. The molecule has 0 heterocycles. The zero-order chi connectivity index (χ0) is 56.4. The van der Waals surface area contributed by atoms with E-state index >= 15 is 0 Å². The standard InChI is InChI=1S/C72H136O6/c1-4-7-10-13-16-19-22-25-28-31-33-35-36-37-39-41-44-47-50-53-56-59-62-65-71(74)77-68-69(67-76-70(73)64-61-58-55-52-49-46-43-40-30-27-24-21-18-15-12-9-6-3)78-72(75)66-63-60-57-54-51-48-45-42-38-34-32-29-26-23-20-17-14-11-8-5-2/h22,25,31,33,69H,4-21,23-24,26-30,32,34-68H2,1-3H3/b25-22-,33-31-. The van der Waals surface area contributed by atoms with Gasteiger partial charge in [-0.15, -0.1) is 0 Å². The third-order valence-corrected chi connectivity index (χ3v) is 16.2. The molecule has 0 bridgehead atoms. The summed E-state index contributed by atoms with van der Waals surface area (Å²) in [5.74, 6) is -0.831. The Balaban J connectivity index is 4.29. The zero-order valence-electron chi connectivity index (χ0n) is 53.0. The van der Waals surface area contributed by atoms with Crippen LogP contribution in [0.5, 0.6) is 0 Å². The maximum atomic E-state index is 13.0. The van der Waals surface area contributed by atoms with Gasteiger partial charge in [0.15, 0.2) is 6.10 Å². The first-order valence-corrected chi connectivity index (χ1v) is 35.3. The van der Waals surface area contributed by atoms with E-state index < -0.39 is 6.10 Å². The molecule has 0 saturated carbocycles. The topological polar surface area (TPSA) is 78.9 Å². The van der Waals surface area contributed by atoms with Gasteiger partial charge in [-0.2, -0.15) is 0 Å². The molecule has 0 spiro atoms. The second kappa shape index (κ2) is 67.4. The maximum absolute atomic E-state index is 13.0. The van der Waals surface area contributed by atoms with E-state index in [1.807, 2.05) is 0 Å². The lowest BCUT2D eigenvalue weighted by atomic mass is 10.0. The Kier molecular flexibility index (Phi) is 65.6. The molecule has 0 aromatic heterocycles. The predicted octanol–water partition coefficient (Wildman–Crippen LogP) is 24.2. The zero-order valence-corrected chi connectivity index (χ0v) is 53.0. The summed E-state index contributed by atoms with van der Waals surface area (Å²) in [5.41, 5.74) is 0. The number of hydrogen-bond donors (Lipinski definition) is 0. The van der Waals surface area contributed by atoms with Crippen LogP contribution in [0.2, 0.25) is 0 Å². The van der Waals surface area contributed by atoms with E-state index in [9.17, 15) is 14.4 Å². The number of rotatable bonds is 66. The minimum atomic E-state index is -0.769. The molecular weight excluding hydrogens is 961 g/mol. The molecule has 6 heteroatoms. The van der Waals surface area contributed by atoms with E-state index in [0.717, 1.165) is 64.2 Å². The van der Waals surface area contributed by atoms with Gasteiger partial charge >= 0.3 is 17.9 Å². The van der Waals surface area contributed by atoms with Crippen LogP contribution in [0.25, 0.3) is 0 Å². The van der Waals surface area contributed by atoms with Gasteiger partial charge < -0.3 is 14.2 Å². The third kappa shape index (κ3) is 64.7. The highest BCUT2D eigenvalue weighted by Crippen LogP contribution is 2.19. The Morgan fingerprint density at radius 2 is 0.462 bits per heavy atom. The van der Waals surface area contributed by atoms with Crippen molar-refractivity contribution in [1.29, 1.82) is 0 Å². The largest absolute Gasteiger partial charge is 0.462 e. The molecule has 1 atom stereocenters. The van der Waals surface area contributed by atoms with Crippen molar-refractivity contribution < 1.29 is 28.6 Å². The summed E-state index contributed by atoms with van der Waals surface area (Å²) in [4.78, 5) is 38.5. The van der Waals surface area contributed by atoms with Crippen LogP contribution in [0.4, 0.5) is 0 Å². The summed E-state index contributed by atoms with van der Waals surface area (Å²) in [6.07, 6.45) is 82.0. The van der Waals surface area contributed by atoms with Gasteiger partial charge in [-0.05, 0) is 51.4 Å². The predicted molar refractivity (Wildman–Crippen MR) is 340 cm³/mol. The molecule has 0 aromatic carbocycles. The lowest BCUT2D eigenvalue weighted by Gasteiger charge is -2.18. The van der Waals surface area contributed by atoms with Gasteiger partial charge in [0.05, 0.1) is 0 Å². The summed E-state index contributed by atoms with van der Waals surface area (Å²) >= 11 is 0. The van der Waals surface area contributed by atoms with Crippen LogP contribution < -0.4 is 0 Å². The average molecular weight is 1100 g/mol. The summed E-state index contributed by atoms with van der Waals surface area (Å²) in [6, 6.07) is 0. The van der Waals surface area contributed by atoms with E-state index in [1.54, 1.807) is 0 Å². The lowest BCUT2D eigenvalue weighted by Crippen LogP contribution is -2.30. The van der Waals surface area contributed by atoms with Gasteiger partial charge in [0.25, 0.3) is 0 Å². The molecule has 460 valence electrons. The molecule has 0 amide bonds. The molecule has 0 rings (SSSR count). The first-order valence-electron chi connectivity index (χ1n) is 35.3. The van der Waals surface area contributed by atoms with Crippen LogP contribution in [0.1, 0.15) is 400 Å². The third-order valence-electron chi connectivity index (χ3n) is 16.2. The molecule has 0 aliphatic carbocycles. The average Bonchev–Trinajstić information content (AvgIpc) is 3.44. The van der Waals surface area contributed by atoms with E-state index in [2.05, 4.69) is 45.1 Å². The molecule has 78 heavy (non-hydrogen) atoms. The van der Waals surface area contributed by atoms with Crippen molar-refractivity contribution in [1.82, 2.24) is 0 Å². The molecule has 0 radical (unpaired) electrons. The van der Waals surface area contributed by atoms with Crippen molar-refractivity contribution in [3.8, 4) is 0 Å². The van der Waals surface area contributed by atoms with Gasteiger partial charge in [0.1, 0.15) is 13.2 Å². The van der Waals surface area contributed by atoms with Crippen molar-refractivity contribution >= 4 is 17.9 Å². The van der Waals surface area contributed by atoms with Crippen molar-refractivity contribution in [2.45, 2.75) is 406 Å². The van der Waals surface area contributed by atoms with Crippen LogP contribution >= 0.6 is 0 Å². The Hall–Kier alpha value is -2.11. The van der Waals surface area contributed by atoms with Crippen LogP contribution in [-0.2, 0) is 28.6 Å². The highest BCUT2D eigenvalue weighted by atomic mass is 16.6. The van der Waals surface area contributed by atoms with Crippen LogP contribution in [0.15, 0.2) is 24.3 Å². The van der Waals surface area contributed by atoms with Gasteiger partial charge in [-0.3, -0.25) is 14.4 Å². The molecule has 0 saturated heterocycles. The Labute approximate surface area is 487 Å². The fourth-order valence-electron chi connectivity index (χ4n) is 10.9. The smallest absolute Gasteiger partial charge is 0.306 e. The summed E-state index contributed by atoms with van der Waals surface area (Å²) in [6.45, 7) is 6.72. The number of allylic oxidation sites excluding steroid dienone is 4. The Morgan fingerprint density at radius 1 is 0.256 bits per heavy atom.